The van der Waals surface area contributed by atoms with E-state index in [-0.39, 0.29) is 11.5 Å². The minimum atomic E-state index is -0.827. The largest absolute Gasteiger partial charge is 0.477 e. The summed E-state index contributed by atoms with van der Waals surface area (Å²) in [6.45, 7) is 3.55. The fourth-order valence-corrected chi connectivity index (χ4v) is 2.73. The highest BCUT2D eigenvalue weighted by Gasteiger charge is 2.25. The molecule has 0 amide bonds. The number of fused-ring (bicyclic) bond motifs is 1. The number of carbonyl (C=O) groups is 2. The first-order chi connectivity index (χ1) is 10.1. The molecule has 0 saturated carbocycles. The summed E-state index contributed by atoms with van der Waals surface area (Å²) >= 11 is 1.16. The Morgan fingerprint density at radius 3 is 2.86 bits per heavy atom. The van der Waals surface area contributed by atoms with Crippen LogP contribution in [0.5, 0.6) is 5.75 Å². The fraction of sp³-hybridized carbons (Fsp3) is 0.357. The highest BCUT2D eigenvalue weighted by molar-refractivity contribution is 7.20. The molecule has 21 heavy (non-hydrogen) atoms. The summed E-state index contributed by atoms with van der Waals surface area (Å²) in [6.07, 6.45) is 0.796. The lowest BCUT2D eigenvalue weighted by Crippen LogP contribution is -2.26. The topological polar surface area (TPSA) is 74.7 Å². The van der Waals surface area contributed by atoms with Gasteiger partial charge in [-0.1, -0.05) is 0 Å². The van der Waals surface area contributed by atoms with Crippen LogP contribution in [0.15, 0.2) is 18.3 Å². The first-order valence-electron chi connectivity index (χ1n) is 6.37. The molecule has 112 valence electrons. The third-order valence-electron chi connectivity index (χ3n) is 2.70. The van der Waals surface area contributed by atoms with Gasteiger partial charge >= 0.3 is 11.9 Å². The van der Waals surface area contributed by atoms with Gasteiger partial charge in [-0.05, 0) is 26.0 Å². The Morgan fingerprint density at radius 1 is 1.43 bits per heavy atom. The molecule has 1 atom stereocenters. The minimum absolute atomic E-state index is 0.266. The normalized spacial score (nSPS) is 12.0. The summed E-state index contributed by atoms with van der Waals surface area (Å²) in [4.78, 5) is 28.6. The van der Waals surface area contributed by atoms with Gasteiger partial charge in [0.1, 0.15) is 4.83 Å². The van der Waals surface area contributed by atoms with Crippen molar-refractivity contribution in [1.29, 1.82) is 0 Å². The second kappa shape index (κ2) is 6.53. The van der Waals surface area contributed by atoms with Crippen molar-refractivity contribution in [2.24, 2.45) is 0 Å². The molecule has 2 aromatic heterocycles. The van der Waals surface area contributed by atoms with Crippen LogP contribution in [-0.4, -0.2) is 36.7 Å². The molecular formula is C14H15NO5S. The zero-order valence-corrected chi connectivity index (χ0v) is 12.7. The summed E-state index contributed by atoms with van der Waals surface area (Å²) in [5, 5.41) is 0.666. The number of hydrogen-bond acceptors (Lipinski definition) is 7. The molecule has 0 spiro atoms. The van der Waals surface area contributed by atoms with Crippen LogP contribution in [0.25, 0.3) is 10.2 Å². The Labute approximate surface area is 125 Å². The molecule has 2 rings (SSSR count). The number of carbonyl (C=O) groups excluding carboxylic acids is 2. The monoisotopic (exact) mass is 309 g/mol. The van der Waals surface area contributed by atoms with Crippen LogP contribution in [0.4, 0.5) is 0 Å². The molecule has 2 aromatic rings. The lowest BCUT2D eigenvalue weighted by atomic mass is 10.3. The molecule has 0 fully saturated rings. The Bertz CT molecular complexity index is 666. The maximum Gasteiger partial charge on any atom is 0.351 e. The highest BCUT2D eigenvalue weighted by atomic mass is 32.1. The fourth-order valence-electron chi connectivity index (χ4n) is 1.74. The number of nitrogens with zero attached hydrogens (tertiary/aromatic N) is 1. The number of methoxy groups -OCH3 is 1. The van der Waals surface area contributed by atoms with Gasteiger partial charge in [-0.2, -0.15) is 0 Å². The molecule has 0 radical (unpaired) electrons. The molecule has 0 aliphatic carbocycles. The van der Waals surface area contributed by atoms with E-state index in [9.17, 15) is 9.59 Å². The zero-order chi connectivity index (χ0) is 15.4. The SMILES string of the molecule is CCOC(=O)[C@H](C)Oc1c(C(=O)OC)sc2ncccc12. The highest BCUT2D eigenvalue weighted by Crippen LogP contribution is 2.37. The van der Waals surface area contributed by atoms with E-state index < -0.39 is 18.0 Å². The molecule has 0 unspecified atom stereocenters. The van der Waals surface area contributed by atoms with Gasteiger partial charge in [-0.25, -0.2) is 14.6 Å². The third kappa shape index (κ3) is 3.13. The number of esters is 2. The van der Waals surface area contributed by atoms with Gasteiger partial charge in [-0.3, -0.25) is 0 Å². The molecule has 0 aromatic carbocycles. The van der Waals surface area contributed by atoms with Crippen LogP contribution in [0.3, 0.4) is 0 Å². The smallest absolute Gasteiger partial charge is 0.351 e. The molecule has 2 heterocycles. The van der Waals surface area contributed by atoms with Gasteiger partial charge in [0.2, 0.25) is 0 Å². The minimum Gasteiger partial charge on any atom is -0.477 e. The predicted octanol–water partition coefficient (Wildman–Crippen LogP) is 2.41. The lowest BCUT2D eigenvalue weighted by Gasteiger charge is -2.13. The number of hydrogen-bond donors (Lipinski definition) is 0. The van der Waals surface area contributed by atoms with Gasteiger partial charge in [-0.15, -0.1) is 11.3 Å². The van der Waals surface area contributed by atoms with E-state index in [1.54, 1.807) is 32.2 Å². The summed E-state index contributed by atoms with van der Waals surface area (Å²) < 4.78 is 15.3. The van der Waals surface area contributed by atoms with E-state index >= 15 is 0 Å². The molecule has 0 saturated heterocycles. The van der Waals surface area contributed by atoms with E-state index in [0.29, 0.717) is 16.0 Å². The molecule has 0 bridgehead atoms. The maximum atomic E-state index is 11.8. The molecule has 6 nitrogen and oxygen atoms in total. The van der Waals surface area contributed by atoms with Crippen LogP contribution < -0.4 is 4.74 Å². The van der Waals surface area contributed by atoms with Gasteiger partial charge in [0.15, 0.2) is 16.7 Å². The second-order valence-electron chi connectivity index (χ2n) is 4.12. The number of pyridine rings is 1. The maximum absolute atomic E-state index is 11.8. The molecule has 0 N–H and O–H groups in total. The van der Waals surface area contributed by atoms with Crippen LogP contribution in [0, 0.1) is 0 Å². The Balaban J connectivity index is 2.40. The van der Waals surface area contributed by atoms with Crippen molar-refractivity contribution in [3.63, 3.8) is 0 Å². The summed E-state index contributed by atoms with van der Waals surface area (Å²) in [6, 6.07) is 3.51. The molecule has 0 aliphatic heterocycles. The zero-order valence-electron chi connectivity index (χ0n) is 11.9. The van der Waals surface area contributed by atoms with E-state index in [2.05, 4.69) is 4.98 Å². The predicted molar refractivity (Wildman–Crippen MR) is 77.7 cm³/mol. The first-order valence-corrected chi connectivity index (χ1v) is 7.19. The molecular weight excluding hydrogens is 294 g/mol. The van der Waals surface area contributed by atoms with Crippen LogP contribution in [0.2, 0.25) is 0 Å². The van der Waals surface area contributed by atoms with Crippen molar-refractivity contribution >= 4 is 33.5 Å². The average Bonchev–Trinajstić information content (AvgIpc) is 2.85. The number of ether oxygens (including phenoxy) is 3. The first kappa shape index (κ1) is 15.2. The van der Waals surface area contributed by atoms with Crippen molar-refractivity contribution < 1.29 is 23.8 Å². The Hall–Kier alpha value is -2.15. The number of aromatic nitrogens is 1. The van der Waals surface area contributed by atoms with E-state index in [4.69, 9.17) is 14.2 Å². The van der Waals surface area contributed by atoms with Crippen molar-refractivity contribution in [2.45, 2.75) is 20.0 Å². The van der Waals surface area contributed by atoms with E-state index in [1.807, 2.05) is 0 Å². The summed E-state index contributed by atoms with van der Waals surface area (Å²) in [5.74, 6) is -0.712. The van der Waals surface area contributed by atoms with Crippen LogP contribution >= 0.6 is 11.3 Å². The number of rotatable bonds is 5. The molecule has 0 aliphatic rings. The van der Waals surface area contributed by atoms with E-state index in [1.165, 1.54) is 7.11 Å². The van der Waals surface area contributed by atoms with Crippen LogP contribution in [0.1, 0.15) is 23.5 Å². The standard InChI is InChI=1S/C14H15NO5S/c1-4-19-13(16)8(2)20-10-9-6-5-7-15-12(9)21-11(10)14(17)18-3/h5-8H,4H2,1-3H3/t8-/m0/s1. The van der Waals surface area contributed by atoms with E-state index in [0.717, 1.165) is 11.3 Å². The Morgan fingerprint density at radius 2 is 2.19 bits per heavy atom. The third-order valence-corrected chi connectivity index (χ3v) is 3.78. The quantitative estimate of drug-likeness (QED) is 0.790. The Kier molecular flexibility index (Phi) is 4.74. The van der Waals surface area contributed by atoms with Gasteiger partial charge < -0.3 is 14.2 Å². The lowest BCUT2D eigenvalue weighted by molar-refractivity contribution is -0.150. The van der Waals surface area contributed by atoms with Crippen molar-refractivity contribution in [2.75, 3.05) is 13.7 Å². The number of thiophene rings is 1. The van der Waals surface area contributed by atoms with Gasteiger partial charge in [0.05, 0.1) is 19.1 Å². The second-order valence-corrected chi connectivity index (χ2v) is 5.12. The van der Waals surface area contributed by atoms with Crippen molar-refractivity contribution in [3.05, 3.63) is 23.2 Å². The van der Waals surface area contributed by atoms with Crippen LogP contribution in [-0.2, 0) is 14.3 Å². The van der Waals surface area contributed by atoms with Gasteiger partial charge in [0, 0.05) is 6.20 Å². The summed E-state index contributed by atoms with van der Waals surface area (Å²) in [7, 11) is 1.29. The average molecular weight is 309 g/mol. The molecule has 7 heteroatoms. The van der Waals surface area contributed by atoms with Crippen molar-refractivity contribution in [3.8, 4) is 5.75 Å². The summed E-state index contributed by atoms with van der Waals surface area (Å²) in [5.41, 5.74) is 0. The van der Waals surface area contributed by atoms with Crippen molar-refractivity contribution in [1.82, 2.24) is 4.98 Å². The van der Waals surface area contributed by atoms with Gasteiger partial charge in [0.25, 0.3) is 0 Å².